The topological polar surface area (TPSA) is 53.0 Å². The molecule has 3 aliphatic heterocycles. The number of ether oxygens (including phenoxy) is 1. The van der Waals surface area contributed by atoms with Gasteiger partial charge in [0.05, 0.1) is 30.7 Å². The number of fused-ring (bicyclic) bond motifs is 2. The molecule has 0 radical (unpaired) electrons. The first-order valence-electron chi connectivity index (χ1n) is 8.45. The molecule has 1 aromatic heterocycles. The van der Waals surface area contributed by atoms with Crippen molar-refractivity contribution in [3.05, 3.63) is 22.4 Å². The molecular formula is C17H22N2O3S2. The van der Waals surface area contributed by atoms with Gasteiger partial charge < -0.3 is 19.6 Å². The van der Waals surface area contributed by atoms with Crippen molar-refractivity contribution in [1.29, 1.82) is 0 Å². The van der Waals surface area contributed by atoms with Gasteiger partial charge in [-0.2, -0.15) is 0 Å². The highest BCUT2D eigenvalue weighted by Gasteiger charge is 2.62. The van der Waals surface area contributed by atoms with Crippen LogP contribution >= 0.6 is 23.6 Å². The summed E-state index contributed by atoms with van der Waals surface area (Å²) in [6.07, 6.45) is -0.599. The Kier molecular flexibility index (Phi) is 4.05. The molecule has 24 heavy (non-hydrogen) atoms. The van der Waals surface area contributed by atoms with Crippen molar-refractivity contribution >= 4 is 34.6 Å². The molecule has 0 aromatic carbocycles. The van der Waals surface area contributed by atoms with Crippen LogP contribution in [0.5, 0.6) is 0 Å². The van der Waals surface area contributed by atoms with E-state index < -0.39 is 12.2 Å². The molecule has 7 heteroatoms. The lowest BCUT2D eigenvalue weighted by atomic mass is 9.74. The highest BCUT2D eigenvalue weighted by molar-refractivity contribution is 7.80. The second-order valence-corrected chi connectivity index (χ2v) is 8.73. The number of aliphatic hydroxyl groups is 1. The van der Waals surface area contributed by atoms with Crippen LogP contribution in [0.1, 0.15) is 25.1 Å². The number of carbonyl (C=O) groups is 1. The lowest BCUT2D eigenvalue weighted by Gasteiger charge is -2.49. The summed E-state index contributed by atoms with van der Waals surface area (Å²) in [5.41, 5.74) is 0. The maximum Gasteiger partial charge on any atom is 0.311 e. The molecule has 0 spiro atoms. The summed E-state index contributed by atoms with van der Waals surface area (Å²) in [5.74, 6) is -0.0206. The predicted molar refractivity (Wildman–Crippen MR) is 95.6 cm³/mol. The van der Waals surface area contributed by atoms with E-state index in [2.05, 4.69) is 35.1 Å². The van der Waals surface area contributed by atoms with Crippen LogP contribution in [0.2, 0.25) is 0 Å². The average Bonchev–Trinajstić information content (AvgIpc) is 3.12. The van der Waals surface area contributed by atoms with Gasteiger partial charge in [0.25, 0.3) is 0 Å². The largest absolute Gasteiger partial charge is 0.457 e. The standard InChI is InChI=1S/C17H22N2O3S2/c1-9(2)7-18-13-11-6-12(20)15(22-16(11)21)14(13)19(17(18)23)8-10-4-3-5-24-10/h3-5,9,11-15,20H,6-8H2,1-2H3/t11-,12+,13+,14+,15-/m0/s1. The van der Waals surface area contributed by atoms with E-state index >= 15 is 0 Å². The first-order valence-corrected chi connectivity index (χ1v) is 9.74. The first-order chi connectivity index (χ1) is 11.5. The molecule has 2 bridgehead atoms. The van der Waals surface area contributed by atoms with E-state index in [1.165, 1.54) is 4.88 Å². The number of hydrogen-bond acceptors (Lipinski definition) is 5. The fourth-order valence-corrected chi connectivity index (χ4v) is 5.40. The minimum Gasteiger partial charge on any atom is -0.457 e. The molecule has 5 atom stereocenters. The third kappa shape index (κ3) is 2.45. The quantitative estimate of drug-likeness (QED) is 0.648. The van der Waals surface area contributed by atoms with Crippen molar-refractivity contribution in [2.24, 2.45) is 11.8 Å². The summed E-state index contributed by atoms with van der Waals surface area (Å²) in [4.78, 5) is 17.9. The van der Waals surface area contributed by atoms with E-state index in [0.717, 1.165) is 11.7 Å². The van der Waals surface area contributed by atoms with Crippen molar-refractivity contribution < 1.29 is 14.6 Å². The molecule has 0 amide bonds. The zero-order valence-corrected chi connectivity index (χ0v) is 15.4. The summed E-state index contributed by atoms with van der Waals surface area (Å²) >= 11 is 7.48. The molecule has 4 heterocycles. The third-order valence-corrected chi connectivity index (χ3v) is 6.54. The van der Waals surface area contributed by atoms with E-state index in [-0.39, 0.29) is 24.0 Å². The fourth-order valence-electron chi connectivity index (χ4n) is 4.32. The zero-order chi connectivity index (χ0) is 17.0. The molecule has 1 aliphatic carbocycles. The van der Waals surface area contributed by atoms with Gasteiger partial charge >= 0.3 is 5.97 Å². The molecule has 5 nitrogen and oxygen atoms in total. The number of carbonyl (C=O) groups excluding carboxylic acids is 1. The maximum absolute atomic E-state index is 12.3. The van der Waals surface area contributed by atoms with Gasteiger partial charge in [-0.05, 0) is 36.0 Å². The Labute approximate surface area is 151 Å². The number of esters is 1. The van der Waals surface area contributed by atoms with Crippen LogP contribution in [0.4, 0.5) is 0 Å². The van der Waals surface area contributed by atoms with E-state index in [9.17, 15) is 9.90 Å². The minimum absolute atomic E-state index is 0.0227. The van der Waals surface area contributed by atoms with Crippen molar-refractivity contribution in [2.75, 3.05) is 6.54 Å². The molecule has 4 fully saturated rings. The van der Waals surface area contributed by atoms with Gasteiger partial charge in [-0.1, -0.05) is 19.9 Å². The molecular weight excluding hydrogens is 344 g/mol. The van der Waals surface area contributed by atoms with Crippen LogP contribution in [0, 0.1) is 11.8 Å². The number of thiocarbonyl (C=S) groups is 1. The molecule has 1 aromatic rings. The van der Waals surface area contributed by atoms with E-state index in [1.54, 1.807) is 11.3 Å². The SMILES string of the molecule is CC(C)CN1C(=S)N(Cc2cccs2)[C@H]2[C@H]3OC(=O)[C@@H](C[C@H]3O)[C@H]21. The van der Waals surface area contributed by atoms with Crippen LogP contribution in [-0.4, -0.2) is 56.8 Å². The van der Waals surface area contributed by atoms with Crippen molar-refractivity contribution in [3.8, 4) is 0 Å². The van der Waals surface area contributed by atoms with Crippen LogP contribution in [-0.2, 0) is 16.1 Å². The zero-order valence-electron chi connectivity index (χ0n) is 13.8. The van der Waals surface area contributed by atoms with Crippen molar-refractivity contribution in [1.82, 2.24) is 9.80 Å². The maximum atomic E-state index is 12.3. The summed E-state index contributed by atoms with van der Waals surface area (Å²) in [7, 11) is 0. The Hall–Kier alpha value is -1.18. The number of aliphatic hydroxyl groups excluding tert-OH is 1. The number of thiophene rings is 1. The smallest absolute Gasteiger partial charge is 0.311 e. The first kappa shape index (κ1) is 16.3. The number of nitrogens with zero attached hydrogens (tertiary/aromatic N) is 2. The van der Waals surface area contributed by atoms with Crippen LogP contribution < -0.4 is 0 Å². The van der Waals surface area contributed by atoms with Gasteiger partial charge in [-0.3, -0.25) is 4.79 Å². The Morgan fingerprint density at radius 1 is 1.42 bits per heavy atom. The lowest BCUT2D eigenvalue weighted by Crippen LogP contribution is -2.66. The monoisotopic (exact) mass is 366 g/mol. The summed E-state index contributed by atoms with van der Waals surface area (Å²) in [6, 6.07) is 4.10. The van der Waals surface area contributed by atoms with Crippen molar-refractivity contribution in [2.45, 2.75) is 51.1 Å². The summed E-state index contributed by atoms with van der Waals surface area (Å²) in [5, 5.41) is 13.2. The highest BCUT2D eigenvalue weighted by Crippen LogP contribution is 2.45. The normalized spacial score (nSPS) is 34.9. The number of hydrogen-bond donors (Lipinski definition) is 1. The van der Waals surface area contributed by atoms with E-state index in [1.807, 2.05) is 6.07 Å². The molecule has 5 rings (SSSR count). The average molecular weight is 367 g/mol. The molecule has 4 aliphatic rings. The second-order valence-electron chi connectivity index (χ2n) is 7.33. The highest BCUT2D eigenvalue weighted by atomic mass is 32.1. The lowest BCUT2D eigenvalue weighted by molar-refractivity contribution is -0.199. The molecule has 1 saturated carbocycles. The van der Waals surface area contributed by atoms with Gasteiger partial charge in [-0.15, -0.1) is 11.3 Å². The number of rotatable bonds is 4. The Morgan fingerprint density at radius 2 is 2.21 bits per heavy atom. The summed E-state index contributed by atoms with van der Waals surface area (Å²) in [6.45, 7) is 5.86. The predicted octanol–water partition coefficient (Wildman–Crippen LogP) is 1.85. The Bertz CT molecular complexity index is 648. The fraction of sp³-hybridized carbons (Fsp3) is 0.647. The van der Waals surface area contributed by atoms with Gasteiger partial charge in [0.15, 0.2) is 5.11 Å². The molecule has 130 valence electrons. The van der Waals surface area contributed by atoms with Gasteiger partial charge in [0.2, 0.25) is 0 Å². The van der Waals surface area contributed by atoms with Crippen LogP contribution in [0.25, 0.3) is 0 Å². The van der Waals surface area contributed by atoms with E-state index in [4.69, 9.17) is 17.0 Å². The third-order valence-electron chi connectivity index (χ3n) is 5.21. The van der Waals surface area contributed by atoms with Gasteiger partial charge in [0, 0.05) is 11.4 Å². The Balaban J connectivity index is 1.70. The molecule has 3 saturated heterocycles. The van der Waals surface area contributed by atoms with Crippen LogP contribution in [0.3, 0.4) is 0 Å². The van der Waals surface area contributed by atoms with Gasteiger partial charge in [0.1, 0.15) is 6.10 Å². The minimum atomic E-state index is -0.596. The van der Waals surface area contributed by atoms with Gasteiger partial charge in [-0.25, -0.2) is 0 Å². The van der Waals surface area contributed by atoms with E-state index in [0.29, 0.717) is 18.9 Å². The summed E-state index contributed by atoms with van der Waals surface area (Å²) < 4.78 is 5.55. The Morgan fingerprint density at radius 3 is 2.88 bits per heavy atom. The molecule has 1 N–H and O–H groups in total. The molecule has 0 unspecified atom stereocenters. The van der Waals surface area contributed by atoms with Crippen molar-refractivity contribution in [3.63, 3.8) is 0 Å². The second kappa shape index (κ2) is 5.97. The van der Waals surface area contributed by atoms with Crippen LogP contribution in [0.15, 0.2) is 17.5 Å².